The van der Waals surface area contributed by atoms with E-state index in [9.17, 15) is 17.6 Å². The van der Waals surface area contributed by atoms with E-state index in [1.807, 2.05) is 0 Å². The summed E-state index contributed by atoms with van der Waals surface area (Å²) in [5, 5.41) is 2.78. The lowest BCUT2D eigenvalue weighted by Crippen LogP contribution is -2.14. The third-order valence-electron chi connectivity index (χ3n) is 3.19. The van der Waals surface area contributed by atoms with Crippen LogP contribution < -0.4 is 10.0 Å². The summed E-state index contributed by atoms with van der Waals surface area (Å²) >= 11 is 5.63. The molecule has 1 aliphatic heterocycles. The maximum absolute atomic E-state index is 13.7. The van der Waals surface area contributed by atoms with E-state index in [-0.39, 0.29) is 27.9 Å². The van der Waals surface area contributed by atoms with Crippen LogP contribution in [0, 0.1) is 5.82 Å². The van der Waals surface area contributed by atoms with Gasteiger partial charge in [0.15, 0.2) is 0 Å². The standard InChI is InChI=1S/C14H10ClFN2O3S/c15-9-1-3-13(11(16)7-9)18-22(20,21)10-2-4-12-8(5-10)6-14(19)17-12/h1-5,7,18H,6H2,(H,17,19). The molecule has 2 aromatic carbocycles. The van der Waals surface area contributed by atoms with Crippen LogP contribution in [0.3, 0.4) is 0 Å². The maximum Gasteiger partial charge on any atom is 0.261 e. The largest absolute Gasteiger partial charge is 0.326 e. The summed E-state index contributed by atoms with van der Waals surface area (Å²) in [6, 6.07) is 7.89. The summed E-state index contributed by atoms with van der Waals surface area (Å²) in [5.74, 6) is -0.963. The van der Waals surface area contributed by atoms with Crippen LogP contribution in [0.2, 0.25) is 5.02 Å². The van der Waals surface area contributed by atoms with E-state index in [4.69, 9.17) is 11.6 Å². The number of fused-ring (bicyclic) bond motifs is 1. The van der Waals surface area contributed by atoms with Crippen molar-refractivity contribution in [3.05, 3.63) is 52.8 Å². The number of rotatable bonds is 3. The molecular weight excluding hydrogens is 331 g/mol. The van der Waals surface area contributed by atoms with Crippen LogP contribution in [0.1, 0.15) is 5.56 Å². The van der Waals surface area contributed by atoms with Crippen LogP contribution in [0.4, 0.5) is 15.8 Å². The van der Waals surface area contributed by atoms with Crippen molar-refractivity contribution in [2.45, 2.75) is 11.3 Å². The zero-order valence-electron chi connectivity index (χ0n) is 11.1. The van der Waals surface area contributed by atoms with Gasteiger partial charge in [0.05, 0.1) is 17.0 Å². The molecule has 1 aliphatic rings. The van der Waals surface area contributed by atoms with Crippen molar-refractivity contribution in [3.63, 3.8) is 0 Å². The summed E-state index contributed by atoms with van der Waals surface area (Å²) in [6.45, 7) is 0. The minimum absolute atomic E-state index is 0.0444. The number of hydrogen-bond donors (Lipinski definition) is 2. The number of hydrogen-bond acceptors (Lipinski definition) is 3. The Morgan fingerprint density at radius 1 is 1.18 bits per heavy atom. The molecule has 8 heteroatoms. The Kier molecular flexibility index (Phi) is 3.54. The van der Waals surface area contributed by atoms with Crippen LogP contribution in [0.15, 0.2) is 41.3 Å². The lowest BCUT2D eigenvalue weighted by atomic mass is 10.2. The van der Waals surface area contributed by atoms with Gasteiger partial charge in [-0.25, -0.2) is 12.8 Å². The van der Waals surface area contributed by atoms with Gasteiger partial charge in [0.2, 0.25) is 5.91 Å². The van der Waals surface area contributed by atoms with E-state index in [2.05, 4.69) is 10.0 Å². The summed E-state index contributed by atoms with van der Waals surface area (Å²) in [7, 11) is -3.96. The van der Waals surface area contributed by atoms with Crippen molar-refractivity contribution in [2.75, 3.05) is 10.0 Å². The van der Waals surface area contributed by atoms with Gasteiger partial charge in [-0.05, 0) is 42.0 Å². The normalized spacial score (nSPS) is 13.6. The van der Waals surface area contributed by atoms with Crippen LogP contribution in [0.25, 0.3) is 0 Å². The first-order chi connectivity index (χ1) is 10.3. The van der Waals surface area contributed by atoms with Crippen molar-refractivity contribution in [1.82, 2.24) is 0 Å². The number of carbonyl (C=O) groups is 1. The molecule has 22 heavy (non-hydrogen) atoms. The van der Waals surface area contributed by atoms with Gasteiger partial charge >= 0.3 is 0 Å². The van der Waals surface area contributed by atoms with Crippen molar-refractivity contribution >= 4 is 38.9 Å². The average Bonchev–Trinajstić information content (AvgIpc) is 2.81. The summed E-state index contributed by atoms with van der Waals surface area (Å²) in [4.78, 5) is 11.2. The number of amides is 1. The molecule has 0 saturated carbocycles. The summed E-state index contributed by atoms with van der Waals surface area (Å²) in [5.41, 5.74) is 0.977. The van der Waals surface area contributed by atoms with Crippen molar-refractivity contribution < 1.29 is 17.6 Å². The zero-order valence-corrected chi connectivity index (χ0v) is 12.6. The fraction of sp³-hybridized carbons (Fsp3) is 0.0714. The minimum Gasteiger partial charge on any atom is -0.326 e. The predicted molar refractivity (Wildman–Crippen MR) is 81.0 cm³/mol. The molecule has 0 spiro atoms. The fourth-order valence-electron chi connectivity index (χ4n) is 2.15. The topological polar surface area (TPSA) is 75.3 Å². The third kappa shape index (κ3) is 2.77. The average molecular weight is 341 g/mol. The molecule has 0 unspecified atom stereocenters. The van der Waals surface area contributed by atoms with E-state index < -0.39 is 15.8 Å². The third-order valence-corrected chi connectivity index (χ3v) is 4.79. The molecule has 0 bridgehead atoms. The van der Waals surface area contributed by atoms with Gasteiger partial charge in [-0.3, -0.25) is 9.52 Å². The van der Waals surface area contributed by atoms with E-state index in [1.54, 1.807) is 0 Å². The van der Waals surface area contributed by atoms with Gasteiger partial charge in [0.25, 0.3) is 10.0 Å². The van der Waals surface area contributed by atoms with Crippen molar-refractivity contribution in [1.29, 1.82) is 0 Å². The zero-order chi connectivity index (χ0) is 15.9. The minimum atomic E-state index is -3.96. The SMILES string of the molecule is O=C1Cc2cc(S(=O)(=O)Nc3ccc(Cl)cc3F)ccc2N1. The first-order valence-electron chi connectivity index (χ1n) is 6.26. The molecule has 0 atom stereocenters. The Hall–Kier alpha value is -2.12. The second-order valence-corrected chi connectivity index (χ2v) is 6.89. The van der Waals surface area contributed by atoms with Crippen LogP contribution in [0.5, 0.6) is 0 Å². The first kappa shape index (κ1) is 14.8. The number of benzene rings is 2. The van der Waals surface area contributed by atoms with E-state index in [0.29, 0.717) is 11.3 Å². The van der Waals surface area contributed by atoms with E-state index in [1.165, 1.54) is 30.3 Å². The highest BCUT2D eigenvalue weighted by atomic mass is 35.5. The van der Waals surface area contributed by atoms with E-state index in [0.717, 1.165) is 6.07 Å². The molecule has 0 aromatic heterocycles. The van der Waals surface area contributed by atoms with Gasteiger partial charge in [-0.15, -0.1) is 0 Å². The summed E-state index contributed by atoms with van der Waals surface area (Å²) < 4.78 is 40.5. The van der Waals surface area contributed by atoms with Crippen LogP contribution in [-0.4, -0.2) is 14.3 Å². The second kappa shape index (κ2) is 5.26. The quantitative estimate of drug-likeness (QED) is 0.902. The second-order valence-electron chi connectivity index (χ2n) is 4.77. The highest BCUT2D eigenvalue weighted by molar-refractivity contribution is 7.92. The molecule has 0 aliphatic carbocycles. The molecule has 0 fully saturated rings. The smallest absolute Gasteiger partial charge is 0.261 e. The number of anilines is 2. The lowest BCUT2D eigenvalue weighted by Gasteiger charge is -2.10. The summed E-state index contributed by atoms with van der Waals surface area (Å²) in [6.07, 6.45) is 0.119. The fourth-order valence-corrected chi connectivity index (χ4v) is 3.43. The molecule has 5 nitrogen and oxygen atoms in total. The highest BCUT2D eigenvalue weighted by Gasteiger charge is 2.22. The van der Waals surface area contributed by atoms with Gasteiger partial charge in [-0.1, -0.05) is 11.6 Å². The molecular formula is C14H10ClFN2O3S. The first-order valence-corrected chi connectivity index (χ1v) is 8.12. The van der Waals surface area contributed by atoms with Gasteiger partial charge in [0.1, 0.15) is 5.82 Å². The van der Waals surface area contributed by atoms with Gasteiger partial charge in [0, 0.05) is 10.7 Å². The number of carbonyl (C=O) groups excluding carboxylic acids is 1. The maximum atomic E-state index is 13.7. The van der Waals surface area contributed by atoms with Crippen molar-refractivity contribution in [2.24, 2.45) is 0 Å². The number of nitrogens with one attached hydrogen (secondary N) is 2. The van der Waals surface area contributed by atoms with E-state index >= 15 is 0 Å². The Morgan fingerprint density at radius 2 is 1.95 bits per heavy atom. The Bertz CT molecular complexity index is 884. The molecule has 2 N–H and O–H groups in total. The molecule has 0 radical (unpaired) electrons. The highest BCUT2D eigenvalue weighted by Crippen LogP contribution is 2.27. The van der Waals surface area contributed by atoms with Crippen molar-refractivity contribution in [3.8, 4) is 0 Å². The molecule has 1 heterocycles. The Morgan fingerprint density at radius 3 is 2.68 bits per heavy atom. The Balaban J connectivity index is 1.94. The number of sulfonamides is 1. The predicted octanol–water partition coefficient (Wildman–Crippen LogP) is 2.77. The molecule has 0 saturated heterocycles. The molecule has 2 aromatic rings. The molecule has 114 valence electrons. The Labute approximate surface area is 131 Å². The number of halogens is 2. The van der Waals surface area contributed by atoms with Gasteiger partial charge in [-0.2, -0.15) is 0 Å². The monoisotopic (exact) mass is 340 g/mol. The molecule has 1 amide bonds. The van der Waals surface area contributed by atoms with Crippen LogP contribution in [-0.2, 0) is 21.2 Å². The van der Waals surface area contributed by atoms with Crippen LogP contribution >= 0.6 is 11.6 Å². The molecule has 3 rings (SSSR count). The lowest BCUT2D eigenvalue weighted by molar-refractivity contribution is -0.115. The van der Waals surface area contributed by atoms with Gasteiger partial charge < -0.3 is 5.32 Å².